The average Bonchev–Trinajstić information content (AvgIpc) is 2.41. The summed E-state index contributed by atoms with van der Waals surface area (Å²) in [4.78, 5) is 22.9. The molecule has 3 nitrogen and oxygen atoms in total. The predicted molar refractivity (Wildman–Crippen MR) is 63.8 cm³/mol. The Labute approximate surface area is 109 Å². The van der Waals surface area contributed by atoms with E-state index in [1.54, 1.807) is 0 Å². The van der Waals surface area contributed by atoms with Crippen LogP contribution in [0.15, 0.2) is 18.2 Å². The highest BCUT2D eigenvalue weighted by atomic mass is 19.1. The molecule has 1 aliphatic rings. The Kier molecular flexibility index (Phi) is 3.93. The SMILES string of the molecule is O=C(O)C1CCC(C(=O)c2cc(F)ccc2F)CC1. The number of benzene rings is 1. The quantitative estimate of drug-likeness (QED) is 0.857. The van der Waals surface area contributed by atoms with Gasteiger partial charge in [-0.3, -0.25) is 9.59 Å². The molecule has 0 radical (unpaired) electrons. The molecule has 2 rings (SSSR count). The third-order valence-electron chi connectivity index (χ3n) is 3.64. The van der Waals surface area contributed by atoms with Gasteiger partial charge < -0.3 is 5.11 Å². The summed E-state index contributed by atoms with van der Waals surface area (Å²) in [6.45, 7) is 0. The van der Waals surface area contributed by atoms with E-state index in [4.69, 9.17) is 5.11 Å². The summed E-state index contributed by atoms with van der Waals surface area (Å²) in [5.41, 5.74) is -0.237. The first-order chi connectivity index (χ1) is 8.99. The number of carboxylic acid groups (broad SMARTS) is 1. The minimum Gasteiger partial charge on any atom is -0.481 e. The van der Waals surface area contributed by atoms with Crippen LogP contribution in [0.2, 0.25) is 0 Å². The molecule has 102 valence electrons. The van der Waals surface area contributed by atoms with Crippen LogP contribution in [0, 0.1) is 23.5 Å². The van der Waals surface area contributed by atoms with Gasteiger partial charge in [0.15, 0.2) is 5.78 Å². The van der Waals surface area contributed by atoms with Gasteiger partial charge in [-0.15, -0.1) is 0 Å². The van der Waals surface area contributed by atoms with Crippen molar-refractivity contribution < 1.29 is 23.5 Å². The van der Waals surface area contributed by atoms with Crippen LogP contribution in [0.5, 0.6) is 0 Å². The van der Waals surface area contributed by atoms with E-state index in [0.717, 1.165) is 18.2 Å². The first kappa shape index (κ1) is 13.6. The molecule has 1 N–H and O–H groups in total. The maximum Gasteiger partial charge on any atom is 0.306 e. The van der Waals surface area contributed by atoms with Crippen molar-refractivity contribution in [2.24, 2.45) is 11.8 Å². The summed E-state index contributed by atoms with van der Waals surface area (Å²) in [7, 11) is 0. The molecule has 5 heteroatoms. The summed E-state index contributed by atoms with van der Waals surface area (Å²) in [6, 6.07) is 2.81. The van der Waals surface area contributed by atoms with Crippen LogP contribution in [0.4, 0.5) is 8.78 Å². The molecular weight excluding hydrogens is 254 g/mol. The van der Waals surface area contributed by atoms with E-state index in [9.17, 15) is 18.4 Å². The summed E-state index contributed by atoms with van der Waals surface area (Å²) in [5, 5.41) is 8.87. The molecule has 1 fully saturated rings. The van der Waals surface area contributed by atoms with E-state index >= 15 is 0 Å². The zero-order valence-corrected chi connectivity index (χ0v) is 10.2. The topological polar surface area (TPSA) is 54.4 Å². The number of carboxylic acids is 1. The largest absolute Gasteiger partial charge is 0.481 e. The fourth-order valence-electron chi connectivity index (χ4n) is 2.51. The first-order valence-electron chi connectivity index (χ1n) is 6.21. The van der Waals surface area contributed by atoms with Gasteiger partial charge in [0.25, 0.3) is 0 Å². The van der Waals surface area contributed by atoms with E-state index in [2.05, 4.69) is 0 Å². The summed E-state index contributed by atoms with van der Waals surface area (Å²) >= 11 is 0. The van der Waals surface area contributed by atoms with Gasteiger partial charge >= 0.3 is 5.97 Å². The number of rotatable bonds is 3. The molecule has 0 atom stereocenters. The second-order valence-electron chi connectivity index (χ2n) is 4.88. The van der Waals surface area contributed by atoms with Crippen LogP contribution in [0.25, 0.3) is 0 Å². The summed E-state index contributed by atoms with van der Waals surface area (Å²) in [6.07, 6.45) is 1.63. The average molecular weight is 268 g/mol. The minimum atomic E-state index is -0.858. The molecule has 1 saturated carbocycles. The Morgan fingerprint density at radius 3 is 2.21 bits per heavy atom. The number of halogens is 2. The van der Waals surface area contributed by atoms with Crippen molar-refractivity contribution in [2.45, 2.75) is 25.7 Å². The number of Topliss-reactive ketones (excluding diaryl/α,β-unsaturated/α-hetero) is 1. The molecule has 0 aliphatic heterocycles. The molecule has 19 heavy (non-hydrogen) atoms. The van der Waals surface area contributed by atoms with Crippen LogP contribution in [-0.4, -0.2) is 16.9 Å². The molecule has 0 bridgehead atoms. The van der Waals surface area contributed by atoms with Crippen molar-refractivity contribution in [2.75, 3.05) is 0 Å². The zero-order valence-electron chi connectivity index (χ0n) is 10.2. The molecule has 0 aromatic heterocycles. The molecule has 0 heterocycles. The first-order valence-corrected chi connectivity index (χ1v) is 6.21. The Hall–Kier alpha value is -1.78. The minimum absolute atomic E-state index is 0.237. The third kappa shape index (κ3) is 2.97. The Balaban J connectivity index is 2.09. The molecule has 0 amide bonds. The molecule has 1 aliphatic carbocycles. The summed E-state index contributed by atoms with van der Waals surface area (Å²) < 4.78 is 26.5. The van der Waals surface area contributed by atoms with Crippen molar-refractivity contribution in [1.82, 2.24) is 0 Å². The molecule has 0 unspecified atom stereocenters. The van der Waals surface area contributed by atoms with Crippen LogP contribution < -0.4 is 0 Å². The van der Waals surface area contributed by atoms with E-state index in [-0.39, 0.29) is 5.56 Å². The molecule has 0 saturated heterocycles. The lowest BCUT2D eigenvalue weighted by Crippen LogP contribution is -2.26. The van der Waals surface area contributed by atoms with E-state index < -0.39 is 35.2 Å². The fourth-order valence-corrected chi connectivity index (χ4v) is 2.51. The lowest BCUT2D eigenvalue weighted by molar-refractivity contribution is -0.143. The Morgan fingerprint density at radius 1 is 1.05 bits per heavy atom. The third-order valence-corrected chi connectivity index (χ3v) is 3.64. The van der Waals surface area contributed by atoms with Crippen LogP contribution in [0.1, 0.15) is 36.0 Å². The molecule has 0 spiro atoms. The molecule has 1 aromatic carbocycles. The normalized spacial score (nSPS) is 23.1. The standard InChI is InChI=1S/C14H14F2O3/c15-10-5-6-12(16)11(7-10)13(17)8-1-3-9(4-2-8)14(18)19/h5-9H,1-4H2,(H,18,19). The number of hydrogen-bond donors (Lipinski definition) is 1. The van der Waals surface area contributed by atoms with Crippen LogP contribution in [-0.2, 0) is 4.79 Å². The van der Waals surface area contributed by atoms with Crippen molar-refractivity contribution in [3.05, 3.63) is 35.4 Å². The van der Waals surface area contributed by atoms with E-state index in [0.29, 0.717) is 25.7 Å². The van der Waals surface area contributed by atoms with Crippen molar-refractivity contribution in [3.8, 4) is 0 Å². The van der Waals surface area contributed by atoms with Crippen LogP contribution >= 0.6 is 0 Å². The van der Waals surface area contributed by atoms with E-state index in [1.807, 2.05) is 0 Å². The van der Waals surface area contributed by atoms with Crippen LogP contribution in [0.3, 0.4) is 0 Å². The van der Waals surface area contributed by atoms with Gasteiger partial charge in [0.05, 0.1) is 11.5 Å². The van der Waals surface area contributed by atoms with Gasteiger partial charge in [0.1, 0.15) is 11.6 Å². The maximum atomic E-state index is 13.5. The lowest BCUT2D eigenvalue weighted by atomic mass is 9.78. The predicted octanol–water partition coefficient (Wildman–Crippen LogP) is 3.04. The van der Waals surface area contributed by atoms with Gasteiger partial charge in [-0.25, -0.2) is 8.78 Å². The van der Waals surface area contributed by atoms with Gasteiger partial charge in [-0.1, -0.05) is 0 Å². The molecular formula is C14H14F2O3. The number of ketones is 1. The van der Waals surface area contributed by atoms with Crippen molar-refractivity contribution in [3.63, 3.8) is 0 Å². The molecule has 1 aromatic rings. The Bertz CT molecular complexity index is 505. The van der Waals surface area contributed by atoms with E-state index in [1.165, 1.54) is 0 Å². The number of carbonyl (C=O) groups excluding carboxylic acids is 1. The number of carbonyl (C=O) groups is 2. The monoisotopic (exact) mass is 268 g/mol. The fraction of sp³-hybridized carbons (Fsp3) is 0.429. The number of hydrogen-bond acceptors (Lipinski definition) is 2. The number of aliphatic carboxylic acids is 1. The second kappa shape index (κ2) is 5.47. The second-order valence-corrected chi connectivity index (χ2v) is 4.88. The Morgan fingerprint density at radius 2 is 1.63 bits per heavy atom. The highest BCUT2D eigenvalue weighted by molar-refractivity contribution is 5.98. The van der Waals surface area contributed by atoms with Gasteiger partial charge in [-0.05, 0) is 43.9 Å². The maximum absolute atomic E-state index is 13.5. The van der Waals surface area contributed by atoms with Gasteiger partial charge in [0.2, 0.25) is 0 Å². The lowest BCUT2D eigenvalue weighted by Gasteiger charge is -2.25. The van der Waals surface area contributed by atoms with Gasteiger partial charge in [-0.2, -0.15) is 0 Å². The zero-order chi connectivity index (χ0) is 14.0. The van der Waals surface area contributed by atoms with Crippen molar-refractivity contribution in [1.29, 1.82) is 0 Å². The highest BCUT2D eigenvalue weighted by Crippen LogP contribution is 2.31. The summed E-state index contributed by atoms with van der Waals surface area (Å²) in [5.74, 6) is -3.51. The van der Waals surface area contributed by atoms with Gasteiger partial charge in [0, 0.05) is 5.92 Å². The highest BCUT2D eigenvalue weighted by Gasteiger charge is 2.31. The smallest absolute Gasteiger partial charge is 0.306 e. The van der Waals surface area contributed by atoms with Crippen molar-refractivity contribution >= 4 is 11.8 Å².